The number of aromatic amines is 1. The lowest BCUT2D eigenvalue weighted by Gasteiger charge is -2.02. The lowest BCUT2D eigenvalue weighted by atomic mass is 10.2. The molecule has 0 radical (unpaired) electrons. The summed E-state index contributed by atoms with van der Waals surface area (Å²) in [4.78, 5) is 3.33. The molecule has 2 heterocycles. The average Bonchev–Trinajstić information content (AvgIpc) is 2.82. The minimum atomic E-state index is 0.528. The number of para-hydroxylation sites is 1. The number of nitrogen functional groups attached to an aromatic ring is 1. The Morgan fingerprint density at radius 1 is 1.31 bits per heavy atom. The van der Waals surface area contributed by atoms with Crippen LogP contribution in [0.4, 0.5) is 5.82 Å². The summed E-state index contributed by atoms with van der Waals surface area (Å²) in [6, 6.07) is 10.0. The maximum atomic E-state index is 5.62. The van der Waals surface area contributed by atoms with E-state index in [0.717, 1.165) is 16.9 Å². The predicted molar refractivity (Wildman–Crippen MR) is 64.6 cm³/mol. The predicted octanol–water partition coefficient (Wildman–Crippen LogP) is 2.24. The normalized spacial score (nSPS) is 11.1. The molecule has 0 aliphatic heterocycles. The highest BCUT2D eigenvalue weighted by molar-refractivity contribution is 5.87. The Morgan fingerprint density at radius 2 is 2.19 bits per heavy atom. The molecular formula is C12H12N4. The van der Waals surface area contributed by atoms with Crippen LogP contribution in [0.25, 0.3) is 16.6 Å². The summed E-state index contributed by atoms with van der Waals surface area (Å²) in [6.45, 7) is 2.04. The molecule has 1 aromatic carbocycles. The maximum Gasteiger partial charge on any atom is 0.145 e. The first-order valence-corrected chi connectivity index (χ1v) is 5.14. The third-order valence-electron chi connectivity index (χ3n) is 2.63. The van der Waals surface area contributed by atoms with Gasteiger partial charge < -0.3 is 10.7 Å². The van der Waals surface area contributed by atoms with Crippen molar-refractivity contribution in [2.24, 2.45) is 0 Å². The van der Waals surface area contributed by atoms with Crippen molar-refractivity contribution >= 4 is 16.7 Å². The molecule has 3 rings (SSSR count). The number of aromatic nitrogens is 3. The molecule has 80 valence electrons. The highest BCUT2D eigenvalue weighted by atomic mass is 15.3. The number of H-pyrrole nitrogens is 1. The summed E-state index contributed by atoms with van der Waals surface area (Å²) in [5.74, 6) is 0.528. The van der Waals surface area contributed by atoms with Gasteiger partial charge in [0.1, 0.15) is 5.82 Å². The van der Waals surface area contributed by atoms with Crippen LogP contribution in [0.15, 0.2) is 36.5 Å². The van der Waals surface area contributed by atoms with Gasteiger partial charge in [-0.3, -0.25) is 0 Å². The lowest BCUT2D eigenvalue weighted by Crippen LogP contribution is -1.97. The van der Waals surface area contributed by atoms with E-state index in [2.05, 4.69) is 22.2 Å². The van der Waals surface area contributed by atoms with Crippen LogP contribution >= 0.6 is 0 Å². The Kier molecular flexibility index (Phi) is 1.77. The van der Waals surface area contributed by atoms with E-state index in [4.69, 9.17) is 5.73 Å². The minimum absolute atomic E-state index is 0.528. The standard InChI is InChI=1S/C12H12N4/c1-8-7-9-3-2-4-10(12(9)14-8)16-6-5-11(13)15-16/h2-7,14H,1H3,(H2,13,15). The quantitative estimate of drug-likeness (QED) is 0.650. The molecule has 2 aromatic heterocycles. The number of nitrogens with one attached hydrogen (secondary N) is 1. The van der Waals surface area contributed by atoms with Crippen LogP contribution in [0.2, 0.25) is 0 Å². The number of rotatable bonds is 1. The van der Waals surface area contributed by atoms with Crippen LogP contribution in [0, 0.1) is 6.92 Å². The first kappa shape index (κ1) is 9.03. The summed E-state index contributed by atoms with van der Waals surface area (Å²) < 4.78 is 1.79. The fraction of sp³-hybridized carbons (Fsp3) is 0.0833. The molecule has 16 heavy (non-hydrogen) atoms. The number of fused-ring (bicyclic) bond motifs is 1. The summed E-state index contributed by atoms with van der Waals surface area (Å²) in [6.07, 6.45) is 1.86. The van der Waals surface area contributed by atoms with Gasteiger partial charge in [-0.1, -0.05) is 12.1 Å². The maximum absolute atomic E-state index is 5.62. The smallest absolute Gasteiger partial charge is 0.145 e. The van der Waals surface area contributed by atoms with Gasteiger partial charge in [-0.25, -0.2) is 4.68 Å². The fourth-order valence-corrected chi connectivity index (χ4v) is 1.94. The van der Waals surface area contributed by atoms with Gasteiger partial charge >= 0.3 is 0 Å². The van der Waals surface area contributed by atoms with Crippen LogP contribution in [0.1, 0.15) is 5.69 Å². The molecule has 0 bridgehead atoms. The van der Waals surface area contributed by atoms with Gasteiger partial charge in [-0.05, 0) is 19.1 Å². The van der Waals surface area contributed by atoms with E-state index in [1.54, 1.807) is 10.7 Å². The van der Waals surface area contributed by atoms with Crippen LogP contribution in [0.3, 0.4) is 0 Å². The molecule has 3 aromatic rings. The number of hydrogen-bond acceptors (Lipinski definition) is 2. The molecule has 0 fully saturated rings. The molecule has 0 spiro atoms. The van der Waals surface area contributed by atoms with Crippen molar-refractivity contribution in [3.8, 4) is 5.69 Å². The minimum Gasteiger partial charge on any atom is -0.382 e. The fourth-order valence-electron chi connectivity index (χ4n) is 1.94. The van der Waals surface area contributed by atoms with Gasteiger partial charge in [0.05, 0.1) is 11.2 Å². The number of nitrogens with zero attached hydrogens (tertiary/aromatic N) is 2. The topological polar surface area (TPSA) is 59.6 Å². The molecule has 0 saturated carbocycles. The van der Waals surface area contributed by atoms with Crippen LogP contribution in [0.5, 0.6) is 0 Å². The van der Waals surface area contributed by atoms with Crippen LogP contribution in [-0.2, 0) is 0 Å². The van der Waals surface area contributed by atoms with Crippen molar-refractivity contribution < 1.29 is 0 Å². The van der Waals surface area contributed by atoms with Crippen molar-refractivity contribution in [1.29, 1.82) is 0 Å². The van der Waals surface area contributed by atoms with E-state index in [0.29, 0.717) is 5.82 Å². The molecule has 0 aliphatic carbocycles. The summed E-state index contributed by atoms with van der Waals surface area (Å²) in [7, 11) is 0. The van der Waals surface area contributed by atoms with E-state index < -0.39 is 0 Å². The number of anilines is 1. The molecule has 0 aliphatic rings. The van der Waals surface area contributed by atoms with Crippen molar-refractivity contribution in [3.05, 3.63) is 42.2 Å². The second-order valence-corrected chi connectivity index (χ2v) is 3.88. The second-order valence-electron chi connectivity index (χ2n) is 3.88. The van der Waals surface area contributed by atoms with Gasteiger partial charge in [0.25, 0.3) is 0 Å². The van der Waals surface area contributed by atoms with E-state index in [-0.39, 0.29) is 0 Å². The summed E-state index contributed by atoms with van der Waals surface area (Å²) in [5.41, 5.74) is 8.87. The number of hydrogen-bond donors (Lipinski definition) is 2. The molecule has 0 saturated heterocycles. The van der Waals surface area contributed by atoms with E-state index in [1.807, 2.05) is 25.3 Å². The molecular weight excluding hydrogens is 200 g/mol. The zero-order valence-corrected chi connectivity index (χ0v) is 8.94. The van der Waals surface area contributed by atoms with Crippen molar-refractivity contribution in [2.75, 3.05) is 5.73 Å². The van der Waals surface area contributed by atoms with Gasteiger partial charge in [-0.15, -0.1) is 0 Å². The summed E-state index contributed by atoms with van der Waals surface area (Å²) in [5, 5.41) is 5.40. The summed E-state index contributed by atoms with van der Waals surface area (Å²) >= 11 is 0. The first-order valence-electron chi connectivity index (χ1n) is 5.14. The average molecular weight is 212 g/mol. The Labute approximate surface area is 92.7 Å². The van der Waals surface area contributed by atoms with E-state index in [1.165, 1.54) is 5.39 Å². The Morgan fingerprint density at radius 3 is 2.94 bits per heavy atom. The Hall–Kier alpha value is -2.23. The molecule has 3 N–H and O–H groups in total. The van der Waals surface area contributed by atoms with Gasteiger partial charge in [0, 0.05) is 23.3 Å². The van der Waals surface area contributed by atoms with Gasteiger partial charge in [-0.2, -0.15) is 5.10 Å². The third-order valence-corrected chi connectivity index (χ3v) is 2.63. The zero-order valence-electron chi connectivity index (χ0n) is 8.94. The van der Waals surface area contributed by atoms with E-state index >= 15 is 0 Å². The molecule has 0 amide bonds. The number of nitrogens with two attached hydrogens (primary N) is 1. The van der Waals surface area contributed by atoms with Gasteiger partial charge in [0.15, 0.2) is 0 Å². The highest BCUT2D eigenvalue weighted by Crippen LogP contribution is 2.22. The van der Waals surface area contributed by atoms with Crippen LogP contribution < -0.4 is 5.73 Å². The monoisotopic (exact) mass is 212 g/mol. The van der Waals surface area contributed by atoms with Crippen molar-refractivity contribution in [1.82, 2.24) is 14.8 Å². The highest BCUT2D eigenvalue weighted by Gasteiger charge is 2.06. The number of benzene rings is 1. The lowest BCUT2D eigenvalue weighted by molar-refractivity contribution is 0.891. The molecule has 0 atom stereocenters. The molecule has 0 unspecified atom stereocenters. The molecule has 4 heteroatoms. The Bertz CT molecular complexity index is 648. The SMILES string of the molecule is Cc1cc2cccc(-n3ccc(N)n3)c2[nH]1. The zero-order chi connectivity index (χ0) is 11.1. The van der Waals surface area contributed by atoms with Crippen molar-refractivity contribution in [3.63, 3.8) is 0 Å². The van der Waals surface area contributed by atoms with Gasteiger partial charge in [0.2, 0.25) is 0 Å². The molecule has 4 nitrogen and oxygen atoms in total. The Balaban J connectivity index is 2.30. The first-order chi connectivity index (χ1) is 7.74. The second kappa shape index (κ2) is 3.13. The van der Waals surface area contributed by atoms with E-state index in [9.17, 15) is 0 Å². The number of aryl methyl sites for hydroxylation is 1. The van der Waals surface area contributed by atoms with Crippen molar-refractivity contribution in [2.45, 2.75) is 6.92 Å². The largest absolute Gasteiger partial charge is 0.382 e. The van der Waals surface area contributed by atoms with Crippen LogP contribution in [-0.4, -0.2) is 14.8 Å². The third kappa shape index (κ3) is 1.27.